The van der Waals surface area contributed by atoms with Gasteiger partial charge in [-0.15, -0.1) is 0 Å². The van der Waals surface area contributed by atoms with Crippen molar-refractivity contribution in [2.45, 2.75) is 20.0 Å². The number of aromatic nitrogens is 4. The molecule has 0 atom stereocenters. The molecule has 74 valence electrons. The zero-order valence-electron chi connectivity index (χ0n) is 7.89. The van der Waals surface area contributed by atoms with Crippen molar-refractivity contribution in [3.63, 3.8) is 0 Å². The Hall–Kier alpha value is -0.850. The molecule has 5 heteroatoms. The summed E-state index contributed by atoms with van der Waals surface area (Å²) in [5.41, 5.74) is 0. The molecule has 2 rings (SSSR count). The van der Waals surface area contributed by atoms with Crippen LogP contribution in [0.25, 0.3) is 0 Å². The molecule has 0 saturated heterocycles. The fourth-order valence-corrected chi connectivity index (χ4v) is 1.80. The highest BCUT2D eigenvalue weighted by atomic mass is 127. The lowest BCUT2D eigenvalue weighted by Gasteiger charge is -2.03. The maximum absolute atomic E-state index is 4.29. The van der Waals surface area contributed by atoms with Crippen molar-refractivity contribution in [3.8, 4) is 0 Å². The van der Waals surface area contributed by atoms with Crippen LogP contribution in [0.1, 0.15) is 12.7 Å². The summed E-state index contributed by atoms with van der Waals surface area (Å²) in [4.78, 5) is 4.29. The maximum atomic E-state index is 4.29. The summed E-state index contributed by atoms with van der Waals surface area (Å²) in [5, 5.41) is 4.22. The Balaban J connectivity index is 2.18. The van der Waals surface area contributed by atoms with E-state index in [0.717, 1.165) is 22.5 Å². The summed E-state index contributed by atoms with van der Waals surface area (Å²) >= 11 is 2.25. The smallest absolute Gasteiger partial charge is 0.130 e. The summed E-state index contributed by atoms with van der Waals surface area (Å²) in [6, 6.07) is 0. The van der Waals surface area contributed by atoms with Gasteiger partial charge in [0.05, 0.1) is 16.3 Å². The molecule has 14 heavy (non-hydrogen) atoms. The predicted octanol–water partition coefficient (Wildman–Crippen LogP) is 1.75. The number of halogens is 1. The van der Waals surface area contributed by atoms with Gasteiger partial charge in [-0.1, -0.05) is 0 Å². The van der Waals surface area contributed by atoms with Gasteiger partial charge in [-0.05, 0) is 29.5 Å². The lowest BCUT2D eigenvalue weighted by molar-refractivity contribution is 0.607. The second kappa shape index (κ2) is 4.12. The number of hydrogen-bond donors (Lipinski definition) is 0. The van der Waals surface area contributed by atoms with Crippen LogP contribution in [0.4, 0.5) is 0 Å². The van der Waals surface area contributed by atoms with E-state index in [0.29, 0.717) is 0 Å². The SMILES string of the molecule is CCn1ccnc1Cn1cc(I)cn1. The number of rotatable bonds is 3. The highest BCUT2D eigenvalue weighted by molar-refractivity contribution is 14.1. The molecule has 0 spiro atoms. The van der Waals surface area contributed by atoms with Crippen molar-refractivity contribution >= 4 is 22.6 Å². The van der Waals surface area contributed by atoms with Crippen molar-refractivity contribution in [1.82, 2.24) is 19.3 Å². The third-order valence-electron chi connectivity index (χ3n) is 2.05. The molecule has 4 nitrogen and oxygen atoms in total. The van der Waals surface area contributed by atoms with E-state index in [2.05, 4.69) is 44.2 Å². The summed E-state index contributed by atoms with van der Waals surface area (Å²) in [5.74, 6) is 1.05. The van der Waals surface area contributed by atoms with Crippen molar-refractivity contribution < 1.29 is 0 Å². The topological polar surface area (TPSA) is 35.6 Å². The zero-order valence-corrected chi connectivity index (χ0v) is 10.0. The van der Waals surface area contributed by atoms with E-state index in [-0.39, 0.29) is 0 Å². The largest absolute Gasteiger partial charge is 0.334 e. The maximum Gasteiger partial charge on any atom is 0.130 e. The van der Waals surface area contributed by atoms with Crippen LogP contribution in [0.3, 0.4) is 0 Å². The minimum atomic E-state index is 0.740. The van der Waals surface area contributed by atoms with Gasteiger partial charge in [-0.3, -0.25) is 4.68 Å². The molecular formula is C9H11IN4. The predicted molar refractivity (Wildman–Crippen MR) is 61.9 cm³/mol. The summed E-state index contributed by atoms with van der Waals surface area (Å²) < 4.78 is 5.17. The number of hydrogen-bond acceptors (Lipinski definition) is 2. The second-order valence-corrected chi connectivity index (χ2v) is 4.23. The van der Waals surface area contributed by atoms with Crippen molar-refractivity contribution in [3.05, 3.63) is 34.2 Å². The molecule has 0 aliphatic heterocycles. The number of imidazole rings is 1. The number of aryl methyl sites for hydroxylation is 1. The minimum absolute atomic E-state index is 0.740. The van der Waals surface area contributed by atoms with E-state index in [1.54, 1.807) is 0 Å². The van der Waals surface area contributed by atoms with Gasteiger partial charge in [0, 0.05) is 25.1 Å². The van der Waals surface area contributed by atoms with Crippen LogP contribution in [-0.4, -0.2) is 19.3 Å². The molecular weight excluding hydrogens is 291 g/mol. The first-order valence-electron chi connectivity index (χ1n) is 4.47. The molecule has 0 radical (unpaired) electrons. The molecule has 0 aromatic carbocycles. The monoisotopic (exact) mass is 302 g/mol. The third-order valence-corrected chi connectivity index (χ3v) is 2.60. The van der Waals surface area contributed by atoms with Gasteiger partial charge in [0.25, 0.3) is 0 Å². The van der Waals surface area contributed by atoms with Crippen LogP contribution in [0.15, 0.2) is 24.8 Å². The van der Waals surface area contributed by atoms with Crippen LogP contribution < -0.4 is 0 Å². The first-order chi connectivity index (χ1) is 6.79. The highest BCUT2D eigenvalue weighted by Crippen LogP contribution is 2.04. The van der Waals surface area contributed by atoms with E-state index in [1.807, 2.05) is 29.5 Å². The number of nitrogens with zero attached hydrogens (tertiary/aromatic N) is 4. The van der Waals surface area contributed by atoms with E-state index in [4.69, 9.17) is 0 Å². The molecule has 2 aromatic heterocycles. The Morgan fingerprint density at radius 2 is 2.36 bits per heavy atom. The van der Waals surface area contributed by atoms with E-state index in [1.165, 1.54) is 0 Å². The fraction of sp³-hybridized carbons (Fsp3) is 0.333. The molecule has 0 aliphatic carbocycles. The van der Waals surface area contributed by atoms with Gasteiger partial charge < -0.3 is 4.57 Å². The molecule has 0 aliphatic rings. The molecule has 0 saturated carbocycles. The summed E-state index contributed by atoms with van der Waals surface area (Å²) in [7, 11) is 0. The lowest BCUT2D eigenvalue weighted by Crippen LogP contribution is -2.07. The minimum Gasteiger partial charge on any atom is -0.334 e. The Bertz CT molecular complexity index is 418. The summed E-state index contributed by atoms with van der Waals surface area (Å²) in [6.07, 6.45) is 7.67. The lowest BCUT2D eigenvalue weighted by atomic mass is 10.5. The van der Waals surface area contributed by atoms with Crippen molar-refractivity contribution in [1.29, 1.82) is 0 Å². The quantitative estimate of drug-likeness (QED) is 0.810. The van der Waals surface area contributed by atoms with E-state index >= 15 is 0 Å². The molecule has 2 heterocycles. The van der Waals surface area contributed by atoms with E-state index < -0.39 is 0 Å². The van der Waals surface area contributed by atoms with Crippen LogP contribution in [0.2, 0.25) is 0 Å². The van der Waals surface area contributed by atoms with Gasteiger partial charge in [-0.2, -0.15) is 5.10 Å². The average Bonchev–Trinajstić information content (AvgIpc) is 2.76. The first kappa shape index (κ1) is 9.70. The Morgan fingerprint density at radius 3 is 3.00 bits per heavy atom. The third kappa shape index (κ3) is 1.97. The molecule has 2 aromatic rings. The molecule has 0 N–H and O–H groups in total. The van der Waals surface area contributed by atoms with Crippen LogP contribution in [0.5, 0.6) is 0 Å². The summed E-state index contributed by atoms with van der Waals surface area (Å²) in [6.45, 7) is 3.80. The zero-order chi connectivity index (χ0) is 9.97. The highest BCUT2D eigenvalue weighted by Gasteiger charge is 2.02. The normalized spacial score (nSPS) is 10.7. The van der Waals surface area contributed by atoms with Gasteiger partial charge in [0.15, 0.2) is 0 Å². The Morgan fingerprint density at radius 1 is 1.50 bits per heavy atom. The van der Waals surface area contributed by atoms with Crippen molar-refractivity contribution in [2.24, 2.45) is 0 Å². The van der Waals surface area contributed by atoms with Crippen LogP contribution in [0, 0.1) is 3.57 Å². The fourth-order valence-electron chi connectivity index (χ4n) is 1.35. The van der Waals surface area contributed by atoms with Gasteiger partial charge in [0.2, 0.25) is 0 Å². The molecule has 0 amide bonds. The average molecular weight is 302 g/mol. The van der Waals surface area contributed by atoms with Crippen LogP contribution >= 0.6 is 22.6 Å². The Labute approximate surface area is 96.1 Å². The van der Waals surface area contributed by atoms with Crippen LogP contribution in [-0.2, 0) is 13.1 Å². The second-order valence-electron chi connectivity index (χ2n) is 2.99. The molecule has 0 bridgehead atoms. The van der Waals surface area contributed by atoms with E-state index in [9.17, 15) is 0 Å². The Kier molecular flexibility index (Phi) is 2.85. The molecule has 0 unspecified atom stereocenters. The van der Waals surface area contributed by atoms with Crippen molar-refractivity contribution in [2.75, 3.05) is 0 Å². The van der Waals surface area contributed by atoms with Gasteiger partial charge in [0.1, 0.15) is 5.82 Å². The first-order valence-corrected chi connectivity index (χ1v) is 5.55. The van der Waals surface area contributed by atoms with Gasteiger partial charge in [-0.25, -0.2) is 4.98 Å². The molecule has 0 fully saturated rings. The van der Waals surface area contributed by atoms with Gasteiger partial charge >= 0.3 is 0 Å². The standard InChI is InChI=1S/C9H11IN4/c1-2-13-4-3-11-9(13)7-14-6-8(10)5-12-14/h3-6H,2,7H2,1H3.